The van der Waals surface area contributed by atoms with Crippen LogP contribution < -0.4 is 5.73 Å². The van der Waals surface area contributed by atoms with Crippen LogP contribution in [0.25, 0.3) is 11.5 Å². The molecular weight excluding hydrogens is 180 g/mol. The van der Waals surface area contributed by atoms with Crippen molar-refractivity contribution in [2.45, 2.75) is 0 Å². The van der Waals surface area contributed by atoms with Gasteiger partial charge in [-0.2, -0.15) is 5.26 Å². The highest BCUT2D eigenvalue weighted by molar-refractivity contribution is 5.54. The number of aromatic nitrogens is 2. The van der Waals surface area contributed by atoms with Crippen LogP contribution in [0, 0.1) is 11.3 Å². The second-order valence-corrected chi connectivity index (χ2v) is 2.63. The Morgan fingerprint density at radius 2 is 1.93 bits per heavy atom. The molecule has 1 heterocycles. The third kappa shape index (κ3) is 1.41. The molecule has 0 atom stereocenters. The summed E-state index contributed by atoms with van der Waals surface area (Å²) < 4.78 is 5.02. The zero-order valence-corrected chi connectivity index (χ0v) is 7.14. The van der Waals surface area contributed by atoms with E-state index < -0.39 is 0 Å². The Labute approximate surface area is 79.8 Å². The predicted molar refractivity (Wildman–Crippen MR) is 48.9 cm³/mol. The van der Waals surface area contributed by atoms with E-state index in [2.05, 4.69) is 10.2 Å². The van der Waals surface area contributed by atoms with Crippen LogP contribution in [0.15, 0.2) is 28.7 Å². The average Bonchev–Trinajstić information content (AvgIpc) is 2.65. The van der Waals surface area contributed by atoms with Gasteiger partial charge in [-0.05, 0) is 24.3 Å². The lowest BCUT2D eigenvalue weighted by molar-refractivity contribution is 0.590. The number of nitrogen functional groups attached to an aromatic ring is 1. The normalized spacial score (nSPS) is 9.64. The number of hydrogen-bond acceptors (Lipinski definition) is 5. The molecule has 0 aliphatic carbocycles. The lowest BCUT2D eigenvalue weighted by Gasteiger charge is -1.92. The summed E-state index contributed by atoms with van der Waals surface area (Å²) in [5.74, 6) is 0.354. The zero-order chi connectivity index (χ0) is 9.97. The Morgan fingerprint density at radius 3 is 2.43 bits per heavy atom. The summed E-state index contributed by atoms with van der Waals surface area (Å²) in [5, 5.41) is 15.8. The molecule has 1 aromatic heterocycles. The summed E-state index contributed by atoms with van der Waals surface area (Å²) in [6, 6.07) is 8.86. The van der Waals surface area contributed by atoms with Gasteiger partial charge in [0.15, 0.2) is 0 Å². The van der Waals surface area contributed by atoms with E-state index in [0.29, 0.717) is 11.5 Å². The molecule has 0 bridgehead atoms. The molecule has 5 nitrogen and oxygen atoms in total. The zero-order valence-electron chi connectivity index (χ0n) is 7.14. The maximum atomic E-state index is 8.58. The Morgan fingerprint density at radius 1 is 1.21 bits per heavy atom. The Balaban J connectivity index is 2.39. The lowest BCUT2D eigenvalue weighted by atomic mass is 10.1. The van der Waals surface area contributed by atoms with Crippen LogP contribution in [0.4, 0.5) is 6.01 Å². The van der Waals surface area contributed by atoms with Gasteiger partial charge in [-0.1, -0.05) is 5.10 Å². The molecule has 0 unspecified atom stereocenters. The van der Waals surface area contributed by atoms with Gasteiger partial charge in [0.25, 0.3) is 0 Å². The first-order valence-electron chi connectivity index (χ1n) is 3.89. The minimum atomic E-state index is 0.0318. The van der Waals surface area contributed by atoms with Gasteiger partial charge < -0.3 is 10.2 Å². The number of hydrogen-bond donors (Lipinski definition) is 1. The third-order valence-electron chi connectivity index (χ3n) is 1.70. The first-order chi connectivity index (χ1) is 6.79. The van der Waals surface area contributed by atoms with E-state index in [4.69, 9.17) is 15.4 Å². The van der Waals surface area contributed by atoms with Gasteiger partial charge in [-0.3, -0.25) is 0 Å². The Bertz CT molecular complexity index is 480. The number of nitrogens with zero attached hydrogens (tertiary/aromatic N) is 3. The molecule has 0 fully saturated rings. The van der Waals surface area contributed by atoms with Gasteiger partial charge in [0, 0.05) is 5.56 Å². The van der Waals surface area contributed by atoms with Crippen molar-refractivity contribution in [2.24, 2.45) is 0 Å². The molecule has 2 N–H and O–H groups in total. The predicted octanol–water partition coefficient (Wildman–Crippen LogP) is 1.19. The summed E-state index contributed by atoms with van der Waals surface area (Å²) in [5.41, 5.74) is 6.61. The smallest absolute Gasteiger partial charge is 0.313 e. The van der Waals surface area contributed by atoms with Gasteiger partial charge >= 0.3 is 6.01 Å². The van der Waals surface area contributed by atoms with Gasteiger partial charge in [-0.15, -0.1) is 5.10 Å². The first kappa shape index (κ1) is 8.26. The van der Waals surface area contributed by atoms with Crippen molar-refractivity contribution in [3.05, 3.63) is 29.8 Å². The van der Waals surface area contributed by atoms with E-state index in [0.717, 1.165) is 5.56 Å². The maximum absolute atomic E-state index is 8.58. The van der Waals surface area contributed by atoms with E-state index >= 15 is 0 Å². The second kappa shape index (κ2) is 3.18. The fraction of sp³-hybridized carbons (Fsp3) is 0. The minimum Gasteiger partial charge on any atom is -0.404 e. The van der Waals surface area contributed by atoms with E-state index in [1.807, 2.05) is 6.07 Å². The molecule has 0 saturated carbocycles. The van der Waals surface area contributed by atoms with E-state index in [1.165, 1.54) is 0 Å². The molecule has 1 aromatic carbocycles. The summed E-state index contributed by atoms with van der Waals surface area (Å²) in [6.45, 7) is 0. The largest absolute Gasteiger partial charge is 0.404 e. The minimum absolute atomic E-state index is 0.0318. The van der Waals surface area contributed by atoms with Crippen LogP contribution in [-0.4, -0.2) is 10.2 Å². The molecule has 0 amide bonds. The van der Waals surface area contributed by atoms with Crippen LogP contribution in [0.3, 0.4) is 0 Å². The highest BCUT2D eigenvalue weighted by Crippen LogP contribution is 2.18. The van der Waals surface area contributed by atoms with Gasteiger partial charge in [-0.25, -0.2) is 0 Å². The molecule has 0 saturated heterocycles. The van der Waals surface area contributed by atoms with Crippen molar-refractivity contribution >= 4 is 6.01 Å². The average molecular weight is 186 g/mol. The second-order valence-electron chi connectivity index (χ2n) is 2.63. The Kier molecular flexibility index (Phi) is 1.88. The SMILES string of the molecule is N#Cc1ccc(-c2nnc(N)o2)cc1. The van der Waals surface area contributed by atoms with Crippen molar-refractivity contribution in [3.63, 3.8) is 0 Å². The van der Waals surface area contributed by atoms with E-state index in [1.54, 1.807) is 24.3 Å². The van der Waals surface area contributed by atoms with Gasteiger partial charge in [0.05, 0.1) is 11.6 Å². The molecule has 2 rings (SSSR count). The molecule has 0 radical (unpaired) electrons. The monoisotopic (exact) mass is 186 g/mol. The van der Waals surface area contributed by atoms with Crippen molar-refractivity contribution in [3.8, 4) is 17.5 Å². The van der Waals surface area contributed by atoms with Crippen molar-refractivity contribution in [2.75, 3.05) is 5.73 Å². The van der Waals surface area contributed by atoms with Crippen molar-refractivity contribution < 1.29 is 4.42 Å². The van der Waals surface area contributed by atoms with Crippen molar-refractivity contribution in [1.82, 2.24) is 10.2 Å². The van der Waals surface area contributed by atoms with Gasteiger partial charge in [0.1, 0.15) is 0 Å². The maximum Gasteiger partial charge on any atom is 0.313 e. The fourth-order valence-corrected chi connectivity index (χ4v) is 1.04. The highest BCUT2D eigenvalue weighted by atomic mass is 16.4. The summed E-state index contributed by atoms with van der Waals surface area (Å²) in [4.78, 5) is 0. The van der Waals surface area contributed by atoms with Gasteiger partial charge in [0.2, 0.25) is 5.89 Å². The molecule has 0 spiro atoms. The standard InChI is InChI=1S/C9H6N4O/c10-5-6-1-3-7(4-2-6)8-12-13-9(11)14-8/h1-4H,(H2,11,13). The first-order valence-corrected chi connectivity index (χ1v) is 3.89. The number of rotatable bonds is 1. The quantitative estimate of drug-likeness (QED) is 0.722. The molecule has 0 aliphatic rings. The Hall–Kier alpha value is -2.35. The van der Waals surface area contributed by atoms with E-state index in [-0.39, 0.29) is 6.01 Å². The number of nitriles is 1. The highest BCUT2D eigenvalue weighted by Gasteiger charge is 2.05. The number of benzene rings is 1. The molecule has 0 aliphatic heterocycles. The third-order valence-corrected chi connectivity index (χ3v) is 1.70. The molecule has 5 heteroatoms. The summed E-state index contributed by atoms with van der Waals surface area (Å²) in [7, 11) is 0. The fourth-order valence-electron chi connectivity index (χ4n) is 1.04. The molecule has 14 heavy (non-hydrogen) atoms. The topological polar surface area (TPSA) is 88.7 Å². The van der Waals surface area contributed by atoms with Crippen LogP contribution in [0.5, 0.6) is 0 Å². The van der Waals surface area contributed by atoms with Crippen LogP contribution >= 0.6 is 0 Å². The number of anilines is 1. The summed E-state index contributed by atoms with van der Waals surface area (Å²) >= 11 is 0. The van der Waals surface area contributed by atoms with Crippen molar-refractivity contribution in [1.29, 1.82) is 5.26 Å². The van der Waals surface area contributed by atoms with E-state index in [9.17, 15) is 0 Å². The summed E-state index contributed by atoms with van der Waals surface area (Å²) in [6.07, 6.45) is 0. The molecular formula is C9H6N4O. The number of nitrogens with two attached hydrogens (primary N) is 1. The van der Waals surface area contributed by atoms with Crippen LogP contribution in [0.1, 0.15) is 5.56 Å². The van der Waals surface area contributed by atoms with Crippen LogP contribution in [-0.2, 0) is 0 Å². The molecule has 68 valence electrons. The van der Waals surface area contributed by atoms with Crippen LogP contribution in [0.2, 0.25) is 0 Å². The molecule has 2 aromatic rings. The lowest BCUT2D eigenvalue weighted by Crippen LogP contribution is -1.81.